The Bertz CT molecular complexity index is 148. The monoisotopic (exact) mass is 155 g/mol. The minimum atomic E-state index is -0.141. The molecule has 1 rings (SSSR count). The molecule has 1 fully saturated rings. The van der Waals surface area contributed by atoms with Gasteiger partial charge in [0.25, 0.3) is 0 Å². The Hall–Kier alpha value is -0.530. The van der Waals surface area contributed by atoms with Crippen LogP contribution in [0, 0.1) is 17.8 Å². The van der Waals surface area contributed by atoms with Gasteiger partial charge in [-0.3, -0.25) is 4.79 Å². The Balaban J connectivity index is 2.14. The summed E-state index contributed by atoms with van der Waals surface area (Å²) in [7, 11) is 0. The smallest absolute Gasteiger partial charge is 0.217 e. The van der Waals surface area contributed by atoms with Gasteiger partial charge < -0.3 is 5.73 Å². The van der Waals surface area contributed by atoms with Crippen LogP contribution in [0.4, 0.5) is 0 Å². The van der Waals surface area contributed by atoms with Crippen LogP contribution in [0.25, 0.3) is 0 Å². The van der Waals surface area contributed by atoms with Crippen molar-refractivity contribution in [2.45, 2.75) is 33.1 Å². The van der Waals surface area contributed by atoms with Gasteiger partial charge in [-0.2, -0.15) is 0 Å². The van der Waals surface area contributed by atoms with Gasteiger partial charge >= 0.3 is 0 Å². The first-order valence-electron chi connectivity index (χ1n) is 4.38. The molecule has 1 aliphatic carbocycles. The zero-order chi connectivity index (χ0) is 8.43. The third-order valence-electron chi connectivity index (χ3n) is 2.70. The van der Waals surface area contributed by atoms with E-state index in [0.29, 0.717) is 12.3 Å². The molecule has 0 aromatic carbocycles. The van der Waals surface area contributed by atoms with Gasteiger partial charge in [0.1, 0.15) is 0 Å². The highest BCUT2D eigenvalue weighted by molar-refractivity contribution is 5.74. The van der Waals surface area contributed by atoms with Crippen molar-refractivity contribution in [3.8, 4) is 0 Å². The number of nitrogens with two attached hydrogens (primary N) is 1. The average Bonchev–Trinajstić information content (AvgIpc) is 1.75. The molecule has 0 radical (unpaired) electrons. The fourth-order valence-corrected chi connectivity index (χ4v) is 1.78. The van der Waals surface area contributed by atoms with Gasteiger partial charge in [-0.05, 0) is 30.6 Å². The van der Waals surface area contributed by atoms with Crippen LogP contribution in [-0.2, 0) is 4.79 Å². The summed E-state index contributed by atoms with van der Waals surface area (Å²) in [6, 6.07) is 0. The minimum Gasteiger partial charge on any atom is -0.370 e. The number of hydrogen-bond acceptors (Lipinski definition) is 1. The van der Waals surface area contributed by atoms with E-state index in [1.54, 1.807) is 0 Å². The first-order chi connectivity index (χ1) is 5.09. The van der Waals surface area contributed by atoms with E-state index >= 15 is 0 Å². The highest BCUT2D eigenvalue weighted by Gasteiger charge is 2.31. The molecular weight excluding hydrogens is 138 g/mol. The largest absolute Gasteiger partial charge is 0.370 e. The summed E-state index contributed by atoms with van der Waals surface area (Å²) in [6.07, 6.45) is 3.02. The normalized spacial score (nSPS) is 30.1. The van der Waals surface area contributed by atoms with Gasteiger partial charge in [0.15, 0.2) is 0 Å². The summed E-state index contributed by atoms with van der Waals surface area (Å²) in [5, 5.41) is 0. The zero-order valence-electron chi connectivity index (χ0n) is 7.34. The van der Waals surface area contributed by atoms with Crippen molar-refractivity contribution in [3.05, 3.63) is 0 Å². The molecule has 1 aliphatic rings. The van der Waals surface area contributed by atoms with Crippen LogP contribution < -0.4 is 5.73 Å². The van der Waals surface area contributed by atoms with E-state index in [9.17, 15) is 4.79 Å². The molecule has 2 nitrogen and oxygen atoms in total. The fourth-order valence-electron chi connectivity index (χ4n) is 1.78. The maximum Gasteiger partial charge on any atom is 0.217 e. The van der Waals surface area contributed by atoms with E-state index in [1.165, 1.54) is 12.8 Å². The number of rotatable bonds is 3. The summed E-state index contributed by atoms with van der Waals surface area (Å²) in [4.78, 5) is 10.5. The second kappa shape index (κ2) is 3.24. The van der Waals surface area contributed by atoms with Crippen LogP contribution in [0.15, 0.2) is 0 Å². The predicted octanol–water partition coefficient (Wildman–Crippen LogP) is 1.54. The molecule has 2 N–H and O–H groups in total. The number of hydrogen-bond donors (Lipinski definition) is 1. The molecule has 0 aliphatic heterocycles. The Morgan fingerprint density at radius 3 is 2.45 bits per heavy atom. The maximum atomic E-state index is 10.5. The molecule has 2 heteroatoms. The topological polar surface area (TPSA) is 43.1 Å². The van der Waals surface area contributed by atoms with E-state index < -0.39 is 0 Å². The molecule has 11 heavy (non-hydrogen) atoms. The standard InChI is InChI=1S/C9H17NO/c1-6(2)8-3-7(4-8)5-9(10)11/h6-8H,3-5H2,1-2H3,(H2,10,11). The third-order valence-corrected chi connectivity index (χ3v) is 2.70. The first kappa shape index (κ1) is 8.57. The van der Waals surface area contributed by atoms with Gasteiger partial charge in [0.05, 0.1) is 0 Å². The van der Waals surface area contributed by atoms with Crippen LogP contribution in [0.3, 0.4) is 0 Å². The van der Waals surface area contributed by atoms with Crippen molar-refractivity contribution in [1.29, 1.82) is 0 Å². The van der Waals surface area contributed by atoms with Crippen LogP contribution in [0.1, 0.15) is 33.1 Å². The summed E-state index contributed by atoms with van der Waals surface area (Å²) in [6.45, 7) is 4.48. The van der Waals surface area contributed by atoms with Crippen molar-refractivity contribution >= 4 is 5.91 Å². The molecule has 0 heterocycles. The molecule has 0 bridgehead atoms. The lowest BCUT2D eigenvalue weighted by Gasteiger charge is -2.37. The van der Waals surface area contributed by atoms with Crippen molar-refractivity contribution in [3.63, 3.8) is 0 Å². The highest BCUT2D eigenvalue weighted by Crippen LogP contribution is 2.40. The lowest BCUT2D eigenvalue weighted by Crippen LogP contribution is -2.31. The second-order valence-electron chi connectivity index (χ2n) is 4.01. The van der Waals surface area contributed by atoms with Gasteiger partial charge in [0.2, 0.25) is 5.91 Å². The molecule has 0 aromatic rings. The molecule has 0 aromatic heterocycles. The van der Waals surface area contributed by atoms with Crippen LogP contribution >= 0.6 is 0 Å². The molecule has 0 unspecified atom stereocenters. The third kappa shape index (κ3) is 2.21. The van der Waals surface area contributed by atoms with Crippen molar-refractivity contribution in [1.82, 2.24) is 0 Å². The quantitative estimate of drug-likeness (QED) is 0.660. The van der Waals surface area contributed by atoms with Gasteiger partial charge in [-0.1, -0.05) is 13.8 Å². The number of carbonyl (C=O) groups is 1. The Labute approximate surface area is 68.2 Å². The van der Waals surface area contributed by atoms with E-state index in [0.717, 1.165) is 11.8 Å². The van der Waals surface area contributed by atoms with E-state index in [4.69, 9.17) is 5.73 Å². The van der Waals surface area contributed by atoms with Crippen molar-refractivity contribution in [2.75, 3.05) is 0 Å². The zero-order valence-corrected chi connectivity index (χ0v) is 7.34. The maximum absolute atomic E-state index is 10.5. The summed E-state index contributed by atoms with van der Waals surface area (Å²) in [5.74, 6) is 2.08. The average molecular weight is 155 g/mol. The van der Waals surface area contributed by atoms with Crippen molar-refractivity contribution in [2.24, 2.45) is 23.5 Å². The number of carbonyl (C=O) groups excluding carboxylic acids is 1. The number of primary amides is 1. The van der Waals surface area contributed by atoms with E-state index in [-0.39, 0.29) is 5.91 Å². The van der Waals surface area contributed by atoms with Gasteiger partial charge in [0, 0.05) is 6.42 Å². The molecule has 1 saturated carbocycles. The minimum absolute atomic E-state index is 0.141. The van der Waals surface area contributed by atoms with Crippen molar-refractivity contribution < 1.29 is 4.79 Å². The molecule has 64 valence electrons. The lowest BCUT2D eigenvalue weighted by atomic mass is 9.68. The van der Waals surface area contributed by atoms with Gasteiger partial charge in [-0.25, -0.2) is 0 Å². The predicted molar refractivity (Wildman–Crippen MR) is 44.9 cm³/mol. The fraction of sp³-hybridized carbons (Fsp3) is 0.889. The van der Waals surface area contributed by atoms with Crippen LogP contribution in [0.2, 0.25) is 0 Å². The Morgan fingerprint density at radius 2 is 2.09 bits per heavy atom. The SMILES string of the molecule is CC(C)C1CC(CC(N)=O)C1. The number of amides is 1. The second-order valence-corrected chi connectivity index (χ2v) is 4.01. The Kier molecular flexibility index (Phi) is 2.53. The molecule has 1 amide bonds. The Morgan fingerprint density at radius 1 is 1.55 bits per heavy atom. The van der Waals surface area contributed by atoms with E-state index in [2.05, 4.69) is 13.8 Å². The molecule has 0 atom stereocenters. The molecular formula is C9H17NO. The highest BCUT2D eigenvalue weighted by atomic mass is 16.1. The van der Waals surface area contributed by atoms with Crippen LogP contribution in [-0.4, -0.2) is 5.91 Å². The summed E-state index contributed by atoms with van der Waals surface area (Å²) >= 11 is 0. The summed E-state index contributed by atoms with van der Waals surface area (Å²) in [5.41, 5.74) is 5.09. The van der Waals surface area contributed by atoms with Crippen LogP contribution in [0.5, 0.6) is 0 Å². The van der Waals surface area contributed by atoms with Gasteiger partial charge in [-0.15, -0.1) is 0 Å². The molecule has 0 saturated heterocycles. The van der Waals surface area contributed by atoms with E-state index in [1.807, 2.05) is 0 Å². The lowest BCUT2D eigenvalue weighted by molar-refractivity contribution is -0.120. The summed E-state index contributed by atoms with van der Waals surface area (Å²) < 4.78 is 0. The first-order valence-corrected chi connectivity index (χ1v) is 4.38. The molecule has 0 spiro atoms.